The van der Waals surface area contributed by atoms with Crippen molar-refractivity contribution in [2.45, 2.75) is 13.3 Å². The molecule has 0 amide bonds. The van der Waals surface area contributed by atoms with Gasteiger partial charge in [0.25, 0.3) is 0 Å². The molecule has 2 heteroatoms. The summed E-state index contributed by atoms with van der Waals surface area (Å²) >= 11 is 0. The first-order valence-electron chi connectivity index (χ1n) is 6.69. The second-order valence-electron chi connectivity index (χ2n) is 4.35. The standard InChI is InChI=1S/C17H20NP/c1-2-18-14-9-15-19(16-10-5-3-6-11-16)17-12-7-4-8-13-17/h3-8,10-13,18H,9,14-15H2,1H3. The Balaban J connectivity index is 2.10. The molecule has 0 saturated carbocycles. The van der Waals surface area contributed by atoms with Crippen molar-refractivity contribution in [3.05, 3.63) is 67.2 Å². The summed E-state index contributed by atoms with van der Waals surface area (Å²) in [6, 6.07) is 21.7. The Labute approximate surface area is 117 Å². The molecule has 0 bridgehead atoms. The smallest absolute Gasteiger partial charge is 0.0551 e. The van der Waals surface area contributed by atoms with Crippen LogP contribution in [-0.2, 0) is 0 Å². The Morgan fingerprint density at radius 1 is 0.895 bits per heavy atom. The van der Waals surface area contributed by atoms with Gasteiger partial charge in [-0.3, -0.25) is 0 Å². The first kappa shape index (κ1) is 14.2. The molecule has 2 radical (unpaired) electrons. The predicted molar refractivity (Wildman–Crippen MR) is 85.5 cm³/mol. The first-order chi connectivity index (χ1) is 9.42. The van der Waals surface area contributed by atoms with Crippen molar-refractivity contribution < 1.29 is 0 Å². The molecule has 98 valence electrons. The van der Waals surface area contributed by atoms with E-state index in [1.807, 2.05) is 6.92 Å². The predicted octanol–water partition coefficient (Wildman–Crippen LogP) is 3.16. The molecule has 0 aromatic heterocycles. The van der Waals surface area contributed by atoms with Crippen LogP contribution in [0.4, 0.5) is 0 Å². The van der Waals surface area contributed by atoms with Crippen LogP contribution in [-0.4, -0.2) is 12.7 Å². The number of nitrogens with one attached hydrogen (secondary N) is 1. The first-order valence-corrected chi connectivity index (χ1v) is 8.22. The van der Waals surface area contributed by atoms with Gasteiger partial charge in [0.15, 0.2) is 0 Å². The average Bonchev–Trinajstić information content (AvgIpc) is 2.49. The molecule has 1 N–H and O–H groups in total. The molecule has 2 aromatic carbocycles. The summed E-state index contributed by atoms with van der Waals surface area (Å²) in [4.78, 5) is 0. The number of hydrogen-bond donors (Lipinski definition) is 1. The van der Waals surface area contributed by atoms with E-state index in [0.717, 1.165) is 6.54 Å². The van der Waals surface area contributed by atoms with Gasteiger partial charge in [0.2, 0.25) is 0 Å². The quantitative estimate of drug-likeness (QED) is 0.462. The molecule has 2 rings (SSSR count). The van der Waals surface area contributed by atoms with Gasteiger partial charge < -0.3 is 5.32 Å². The highest BCUT2D eigenvalue weighted by molar-refractivity contribution is 7.73. The number of benzene rings is 2. The van der Waals surface area contributed by atoms with Gasteiger partial charge >= 0.3 is 0 Å². The van der Waals surface area contributed by atoms with Gasteiger partial charge in [0.1, 0.15) is 0 Å². The Morgan fingerprint density at radius 3 is 1.89 bits per heavy atom. The molecule has 0 aliphatic carbocycles. The highest BCUT2D eigenvalue weighted by Gasteiger charge is 2.12. The van der Waals surface area contributed by atoms with E-state index in [2.05, 4.69) is 72.5 Å². The molecule has 0 heterocycles. The molecular formula is C17H20NP. The van der Waals surface area contributed by atoms with Crippen molar-refractivity contribution in [1.82, 2.24) is 5.32 Å². The van der Waals surface area contributed by atoms with Crippen LogP contribution < -0.4 is 15.9 Å². The van der Waals surface area contributed by atoms with Gasteiger partial charge in [-0.1, -0.05) is 60.7 Å². The zero-order valence-corrected chi connectivity index (χ0v) is 12.2. The Kier molecular flexibility index (Phi) is 6.07. The van der Waals surface area contributed by atoms with E-state index in [0.29, 0.717) is 0 Å². The summed E-state index contributed by atoms with van der Waals surface area (Å²) < 4.78 is 0. The molecule has 0 unspecified atom stereocenters. The van der Waals surface area contributed by atoms with Gasteiger partial charge in [-0.2, -0.15) is 0 Å². The molecule has 0 fully saturated rings. The van der Waals surface area contributed by atoms with Crippen molar-refractivity contribution in [1.29, 1.82) is 0 Å². The van der Waals surface area contributed by atoms with Crippen LogP contribution in [0, 0.1) is 6.54 Å². The largest absolute Gasteiger partial charge is 0.308 e. The Bertz CT molecular complexity index is 416. The van der Waals surface area contributed by atoms with Crippen LogP contribution in [0.15, 0.2) is 60.7 Å². The average molecular weight is 269 g/mol. The summed E-state index contributed by atoms with van der Waals surface area (Å²) in [6.07, 6.45) is 2.40. The van der Waals surface area contributed by atoms with Gasteiger partial charge in [-0.25, -0.2) is 0 Å². The summed E-state index contributed by atoms with van der Waals surface area (Å²) in [5.41, 5.74) is 0. The van der Waals surface area contributed by atoms with Crippen LogP contribution in [0.3, 0.4) is 0 Å². The van der Waals surface area contributed by atoms with Crippen LogP contribution in [0.2, 0.25) is 0 Å². The zero-order chi connectivity index (χ0) is 13.3. The summed E-state index contributed by atoms with van der Waals surface area (Å²) in [5, 5.41) is 6.10. The molecule has 2 aromatic rings. The lowest BCUT2D eigenvalue weighted by atomic mass is 10.4. The van der Waals surface area contributed by atoms with Crippen molar-refractivity contribution in [3.8, 4) is 0 Å². The molecule has 0 aliphatic heterocycles. The molecule has 19 heavy (non-hydrogen) atoms. The second kappa shape index (κ2) is 8.09. The van der Waals surface area contributed by atoms with Gasteiger partial charge in [0, 0.05) is 0 Å². The maximum atomic E-state index is 3.17. The molecule has 0 spiro atoms. The van der Waals surface area contributed by atoms with Crippen molar-refractivity contribution in [2.24, 2.45) is 0 Å². The summed E-state index contributed by atoms with van der Waals surface area (Å²) in [7, 11) is -0.235. The third-order valence-corrected chi connectivity index (χ3v) is 5.60. The Hall–Kier alpha value is -1.17. The molecular weight excluding hydrogens is 249 g/mol. The summed E-state index contributed by atoms with van der Waals surface area (Å²) in [6.45, 7) is 5.90. The fourth-order valence-corrected chi connectivity index (χ4v) is 4.43. The van der Waals surface area contributed by atoms with Crippen molar-refractivity contribution >= 4 is 18.5 Å². The maximum Gasteiger partial charge on any atom is 0.0551 e. The van der Waals surface area contributed by atoms with Crippen LogP contribution in [0.1, 0.15) is 13.3 Å². The molecule has 0 atom stereocenters. The van der Waals surface area contributed by atoms with E-state index in [1.54, 1.807) is 0 Å². The maximum absolute atomic E-state index is 3.17. The molecule has 0 aliphatic rings. The van der Waals surface area contributed by atoms with E-state index in [1.165, 1.54) is 23.2 Å². The van der Waals surface area contributed by atoms with E-state index >= 15 is 0 Å². The van der Waals surface area contributed by atoms with Gasteiger partial charge in [-0.05, 0) is 44.6 Å². The number of hydrogen-bond acceptors (Lipinski definition) is 1. The molecule has 0 saturated heterocycles. The van der Waals surface area contributed by atoms with Crippen molar-refractivity contribution in [2.75, 3.05) is 12.7 Å². The monoisotopic (exact) mass is 269 g/mol. The zero-order valence-electron chi connectivity index (χ0n) is 11.3. The minimum absolute atomic E-state index is 0.235. The van der Waals surface area contributed by atoms with E-state index in [9.17, 15) is 0 Å². The third-order valence-electron chi connectivity index (χ3n) is 3.00. The lowest BCUT2D eigenvalue weighted by Crippen LogP contribution is -2.17. The minimum Gasteiger partial charge on any atom is -0.308 e. The van der Waals surface area contributed by atoms with Crippen LogP contribution in [0.25, 0.3) is 0 Å². The SMILES string of the molecule is C[C]NCCCP(c1ccccc1)c1ccccc1. The lowest BCUT2D eigenvalue weighted by Gasteiger charge is -2.18. The van der Waals surface area contributed by atoms with Gasteiger partial charge in [-0.15, -0.1) is 0 Å². The highest BCUT2D eigenvalue weighted by Crippen LogP contribution is 2.33. The Morgan fingerprint density at radius 2 is 1.42 bits per heavy atom. The fourth-order valence-electron chi connectivity index (χ4n) is 2.07. The number of rotatable bonds is 7. The van der Waals surface area contributed by atoms with E-state index in [4.69, 9.17) is 0 Å². The minimum atomic E-state index is -0.235. The molecule has 1 nitrogen and oxygen atoms in total. The fraction of sp³-hybridized carbons (Fsp3) is 0.235. The van der Waals surface area contributed by atoms with Crippen LogP contribution >= 0.6 is 7.92 Å². The summed E-state index contributed by atoms with van der Waals surface area (Å²) in [5.74, 6) is 0. The normalized spacial score (nSPS) is 10.8. The third kappa shape index (κ3) is 4.45. The second-order valence-corrected chi connectivity index (χ2v) is 6.69. The van der Waals surface area contributed by atoms with Gasteiger partial charge in [0.05, 0.1) is 6.54 Å². The van der Waals surface area contributed by atoms with E-state index < -0.39 is 0 Å². The van der Waals surface area contributed by atoms with Crippen LogP contribution in [0.5, 0.6) is 0 Å². The highest BCUT2D eigenvalue weighted by atomic mass is 31.1. The van der Waals surface area contributed by atoms with E-state index in [-0.39, 0.29) is 7.92 Å². The van der Waals surface area contributed by atoms with Crippen molar-refractivity contribution in [3.63, 3.8) is 0 Å². The topological polar surface area (TPSA) is 12.0 Å². The lowest BCUT2D eigenvalue weighted by molar-refractivity contribution is 0.768.